The molecule has 5 heteroatoms. The first-order valence-corrected chi connectivity index (χ1v) is 3.86. The maximum Gasteiger partial charge on any atom is 0.346 e. The molecule has 0 unspecified atom stereocenters. The van der Waals surface area contributed by atoms with Crippen LogP contribution in [0.1, 0.15) is 5.01 Å². The summed E-state index contributed by atoms with van der Waals surface area (Å²) in [5, 5.41) is 19.1. The summed E-state index contributed by atoms with van der Waals surface area (Å²) < 4.78 is 0. The number of aliphatic carboxylic acids is 1. The summed E-state index contributed by atoms with van der Waals surface area (Å²) in [4.78, 5) is 14.2. The van der Waals surface area contributed by atoms with Gasteiger partial charge >= 0.3 is 5.97 Å². The molecule has 0 fully saturated rings. The molecular formula is C7H4N2O2S. The largest absolute Gasteiger partial charge is 0.477 e. The van der Waals surface area contributed by atoms with Crippen LogP contribution in [0, 0.1) is 11.3 Å². The molecule has 0 saturated carbocycles. The van der Waals surface area contributed by atoms with Crippen molar-refractivity contribution in [2.45, 2.75) is 0 Å². The maximum absolute atomic E-state index is 10.3. The molecule has 1 aromatic heterocycles. The number of carbonyl (C=O) groups is 1. The van der Waals surface area contributed by atoms with E-state index in [2.05, 4.69) is 4.98 Å². The Kier molecular flexibility index (Phi) is 2.56. The third kappa shape index (κ3) is 1.90. The van der Waals surface area contributed by atoms with Gasteiger partial charge in [-0.05, 0) is 6.08 Å². The van der Waals surface area contributed by atoms with E-state index in [1.54, 1.807) is 17.6 Å². The minimum atomic E-state index is -1.23. The molecule has 4 nitrogen and oxygen atoms in total. The standard InChI is InChI=1S/C7H4N2O2S/c8-4-5(7(10)11)3-6-9-1-2-12-6/h1-3H,(H,10,11)/b5-3-. The average molecular weight is 180 g/mol. The van der Waals surface area contributed by atoms with Crippen molar-refractivity contribution in [3.05, 3.63) is 22.2 Å². The maximum atomic E-state index is 10.3. The van der Waals surface area contributed by atoms with Crippen molar-refractivity contribution in [1.29, 1.82) is 5.26 Å². The van der Waals surface area contributed by atoms with Gasteiger partial charge in [-0.3, -0.25) is 0 Å². The van der Waals surface area contributed by atoms with E-state index in [0.717, 1.165) is 0 Å². The molecule has 1 rings (SSSR count). The first kappa shape index (κ1) is 8.43. The first-order chi connectivity index (χ1) is 5.74. The van der Waals surface area contributed by atoms with Crippen molar-refractivity contribution in [2.24, 2.45) is 0 Å². The molecule has 0 spiro atoms. The van der Waals surface area contributed by atoms with Crippen LogP contribution in [0.15, 0.2) is 17.2 Å². The normalized spacial score (nSPS) is 10.8. The van der Waals surface area contributed by atoms with Crippen molar-refractivity contribution in [3.63, 3.8) is 0 Å². The quantitative estimate of drug-likeness (QED) is 0.547. The van der Waals surface area contributed by atoms with Gasteiger partial charge in [0.05, 0.1) is 0 Å². The van der Waals surface area contributed by atoms with Gasteiger partial charge in [-0.2, -0.15) is 5.26 Å². The fourth-order valence-electron chi connectivity index (χ4n) is 0.571. The zero-order valence-electron chi connectivity index (χ0n) is 5.89. The number of hydrogen-bond acceptors (Lipinski definition) is 4. The molecule has 0 bridgehead atoms. The van der Waals surface area contributed by atoms with Crippen molar-refractivity contribution in [3.8, 4) is 6.07 Å². The monoisotopic (exact) mass is 180 g/mol. The van der Waals surface area contributed by atoms with Crippen LogP contribution in [0.4, 0.5) is 0 Å². The van der Waals surface area contributed by atoms with E-state index in [0.29, 0.717) is 5.01 Å². The van der Waals surface area contributed by atoms with Gasteiger partial charge in [0.25, 0.3) is 0 Å². The summed E-state index contributed by atoms with van der Waals surface area (Å²) in [5.74, 6) is -1.23. The minimum Gasteiger partial charge on any atom is -0.477 e. The Balaban J connectivity index is 2.95. The van der Waals surface area contributed by atoms with E-state index >= 15 is 0 Å². The van der Waals surface area contributed by atoms with Crippen LogP contribution < -0.4 is 0 Å². The highest BCUT2D eigenvalue weighted by atomic mass is 32.1. The summed E-state index contributed by atoms with van der Waals surface area (Å²) in [6.07, 6.45) is 2.79. The number of nitrogens with zero attached hydrogens (tertiary/aromatic N) is 2. The molecule has 0 amide bonds. The average Bonchev–Trinajstić information content (AvgIpc) is 2.51. The minimum absolute atomic E-state index is 0.301. The van der Waals surface area contributed by atoms with E-state index in [-0.39, 0.29) is 5.57 Å². The lowest BCUT2D eigenvalue weighted by atomic mass is 10.3. The van der Waals surface area contributed by atoms with Gasteiger partial charge in [0.15, 0.2) is 0 Å². The Hall–Kier alpha value is -1.67. The predicted molar refractivity (Wildman–Crippen MR) is 43.3 cm³/mol. The summed E-state index contributed by atoms with van der Waals surface area (Å²) >= 11 is 1.28. The molecule has 1 N–H and O–H groups in total. The predicted octanol–water partition coefficient (Wildman–Crippen LogP) is 1.13. The second-order valence-electron chi connectivity index (χ2n) is 1.85. The Morgan fingerprint density at radius 3 is 3.00 bits per heavy atom. The molecule has 0 radical (unpaired) electrons. The second-order valence-corrected chi connectivity index (χ2v) is 2.77. The van der Waals surface area contributed by atoms with E-state index in [1.165, 1.54) is 17.4 Å². The molecule has 0 aromatic carbocycles. The van der Waals surface area contributed by atoms with Crippen molar-refractivity contribution in [2.75, 3.05) is 0 Å². The SMILES string of the molecule is N#C/C(=C/c1nccs1)C(=O)O. The van der Waals surface area contributed by atoms with Crippen LogP contribution >= 0.6 is 11.3 Å². The number of nitriles is 1. The zero-order valence-corrected chi connectivity index (χ0v) is 6.71. The fraction of sp³-hybridized carbons (Fsp3) is 0. The summed E-state index contributed by atoms with van der Waals surface area (Å²) in [6, 6.07) is 1.57. The van der Waals surface area contributed by atoms with Crippen LogP contribution in [0.2, 0.25) is 0 Å². The van der Waals surface area contributed by atoms with Crippen LogP contribution in [0.3, 0.4) is 0 Å². The number of thiazole rings is 1. The second kappa shape index (κ2) is 3.64. The van der Waals surface area contributed by atoms with Gasteiger partial charge < -0.3 is 5.11 Å². The van der Waals surface area contributed by atoms with Crippen molar-refractivity contribution < 1.29 is 9.90 Å². The number of aromatic nitrogens is 1. The number of carboxylic acids is 1. The summed E-state index contributed by atoms with van der Waals surface area (Å²) in [5.41, 5.74) is -0.301. The lowest BCUT2D eigenvalue weighted by molar-refractivity contribution is -0.132. The number of carboxylic acid groups (broad SMARTS) is 1. The molecule has 0 aliphatic carbocycles. The van der Waals surface area contributed by atoms with Crippen molar-refractivity contribution >= 4 is 23.4 Å². The molecule has 0 atom stereocenters. The molecular weight excluding hydrogens is 176 g/mol. The number of hydrogen-bond donors (Lipinski definition) is 1. The topological polar surface area (TPSA) is 74.0 Å². The third-order valence-corrected chi connectivity index (χ3v) is 1.79. The van der Waals surface area contributed by atoms with Crippen molar-refractivity contribution in [1.82, 2.24) is 4.98 Å². The van der Waals surface area contributed by atoms with Gasteiger partial charge in [0.1, 0.15) is 16.6 Å². The molecule has 1 heterocycles. The Morgan fingerprint density at radius 2 is 2.58 bits per heavy atom. The highest BCUT2D eigenvalue weighted by molar-refractivity contribution is 7.10. The smallest absolute Gasteiger partial charge is 0.346 e. The zero-order chi connectivity index (χ0) is 8.97. The Bertz CT molecular complexity index is 348. The van der Waals surface area contributed by atoms with Gasteiger partial charge in [0, 0.05) is 11.6 Å². The van der Waals surface area contributed by atoms with Gasteiger partial charge in [-0.15, -0.1) is 11.3 Å². The van der Waals surface area contributed by atoms with E-state index in [4.69, 9.17) is 10.4 Å². The fourth-order valence-corrected chi connectivity index (χ4v) is 1.14. The highest BCUT2D eigenvalue weighted by Gasteiger charge is 2.05. The molecule has 60 valence electrons. The lowest BCUT2D eigenvalue weighted by Gasteiger charge is -1.85. The van der Waals surface area contributed by atoms with Crippen LogP contribution in [0.25, 0.3) is 6.08 Å². The number of rotatable bonds is 2. The Labute approximate surface area is 72.4 Å². The summed E-state index contributed by atoms with van der Waals surface area (Å²) in [6.45, 7) is 0. The van der Waals surface area contributed by atoms with Gasteiger partial charge in [-0.25, -0.2) is 9.78 Å². The molecule has 0 aliphatic heterocycles. The van der Waals surface area contributed by atoms with E-state index in [9.17, 15) is 4.79 Å². The lowest BCUT2D eigenvalue weighted by Crippen LogP contribution is -1.96. The summed E-state index contributed by atoms with van der Waals surface area (Å²) in [7, 11) is 0. The highest BCUT2D eigenvalue weighted by Crippen LogP contribution is 2.09. The molecule has 0 saturated heterocycles. The third-order valence-electron chi connectivity index (χ3n) is 1.07. The van der Waals surface area contributed by atoms with E-state index in [1.807, 2.05) is 0 Å². The van der Waals surface area contributed by atoms with E-state index < -0.39 is 5.97 Å². The Morgan fingerprint density at radius 1 is 1.83 bits per heavy atom. The first-order valence-electron chi connectivity index (χ1n) is 2.98. The molecule has 0 aliphatic rings. The molecule has 12 heavy (non-hydrogen) atoms. The van der Waals surface area contributed by atoms with Crippen LogP contribution in [-0.2, 0) is 4.79 Å². The molecule has 1 aromatic rings. The van der Waals surface area contributed by atoms with Gasteiger partial charge in [0.2, 0.25) is 0 Å². The van der Waals surface area contributed by atoms with Crippen LogP contribution in [-0.4, -0.2) is 16.1 Å². The van der Waals surface area contributed by atoms with Crippen LogP contribution in [0.5, 0.6) is 0 Å². The van der Waals surface area contributed by atoms with Gasteiger partial charge in [-0.1, -0.05) is 0 Å².